The quantitative estimate of drug-likeness (QED) is 0.645. The molecule has 6 nitrogen and oxygen atoms in total. The molecule has 0 saturated carbocycles. The Morgan fingerprint density at radius 3 is 2.33 bits per heavy atom. The van der Waals surface area contributed by atoms with Gasteiger partial charge in [0.05, 0.1) is 5.56 Å². The summed E-state index contributed by atoms with van der Waals surface area (Å²) in [6.45, 7) is 3.50. The van der Waals surface area contributed by atoms with Gasteiger partial charge in [-0.2, -0.15) is 18.2 Å². The average Bonchev–Trinajstić information content (AvgIpc) is 3.19. The van der Waals surface area contributed by atoms with Crippen LogP contribution in [0.1, 0.15) is 21.8 Å². The van der Waals surface area contributed by atoms with Crippen molar-refractivity contribution in [3.05, 3.63) is 65.5 Å². The maximum absolute atomic E-state index is 12.9. The van der Waals surface area contributed by atoms with E-state index in [1.807, 2.05) is 4.90 Å². The Kier molecular flexibility index (Phi) is 5.19. The van der Waals surface area contributed by atoms with E-state index in [0.717, 1.165) is 17.7 Å². The van der Waals surface area contributed by atoms with Crippen molar-refractivity contribution in [3.8, 4) is 11.4 Å². The lowest BCUT2D eigenvalue weighted by Crippen LogP contribution is -2.48. The number of nitrogens with zero attached hydrogens (tertiary/aromatic N) is 4. The molecule has 1 amide bonds. The van der Waals surface area contributed by atoms with Crippen LogP contribution in [0, 0.1) is 6.92 Å². The van der Waals surface area contributed by atoms with E-state index in [2.05, 4.69) is 10.1 Å². The highest BCUT2D eigenvalue weighted by molar-refractivity contribution is 5.94. The summed E-state index contributed by atoms with van der Waals surface area (Å²) in [6.07, 6.45) is -4.37. The lowest BCUT2D eigenvalue weighted by atomic mass is 10.1. The highest BCUT2D eigenvalue weighted by Gasteiger charge is 2.31. The third-order valence-corrected chi connectivity index (χ3v) is 5.02. The smallest absolute Gasteiger partial charge is 0.368 e. The van der Waals surface area contributed by atoms with Crippen LogP contribution < -0.4 is 4.90 Å². The number of carbonyl (C=O) groups is 1. The number of benzene rings is 2. The Morgan fingerprint density at radius 1 is 1.03 bits per heavy atom. The molecule has 1 fully saturated rings. The fourth-order valence-electron chi connectivity index (χ4n) is 3.41. The molecule has 0 N–H and O–H groups in total. The van der Waals surface area contributed by atoms with E-state index in [4.69, 9.17) is 4.52 Å². The minimum atomic E-state index is -4.37. The van der Waals surface area contributed by atoms with E-state index in [-0.39, 0.29) is 5.91 Å². The third kappa shape index (κ3) is 4.14. The summed E-state index contributed by atoms with van der Waals surface area (Å²) in [4.78, 5) is 20.5. The number of aryl methyl sites for hydroxylation is 1. The second-order valence-electron chi connectivity index (χ2n) is 7.04. The minimum Gasteiger partial charge on any atom is -0.368 e. The molecule has 30 heavy (non-hydrogen) atoms. The van der Waals surface area contributed by atoms with Crippen LogP contribution in [-0.4, -0.2) is 47.1 Å². The molecule has 1 aliphatic heterocycles. The Bertz CT molecular complexity index is 1040. The first-order chi connectivity index (χ1) is 14.3. The zero-order chi connectivity index (χ0) is 21.3. The number of aromatic nitrogens is 2. The zero-order valence-corrected chi connectivity index (χ0v) is 16.2. The van der Waals surface area contributed by atoms with Crippen molar-refractivity contribution >= 4 is 11.6 Å². The van der Waals surface area contributed by atoms with Gasteiger partial charge in [0.2, 0.25) is 11.7 Å². The van der Waals surface area contributed by atoms with Gasteiger partial charge in [0.15, 0.2) is 0 Å². The molecule has 156 valence electrons. The number of alkyl halides is 3. The lowest BCUT2D eigenvalue weighted by molar-refractivity contribution is -0.137. The minimum absolute atomic E-state index is 0.116. The van der Waals surface area contributed by atoms with Gasteiger partial charge in [0, 0.05) is 49.9 Å². The molecule has 4 rings (SSSR count). The van der Waals surface area contributed by atoms with Crippen molar-refractivity contribution in [2.24, 2.45) is 0 Å². The number of piperazine rings is 1. The fourth-order valence-corrected chi connectivity index (χ4v) is 3.41. The molecule has 2 aromatic carbocycles. The Hall–Kier alpha value is -3.36. The van der Waals surface area contributed by atoms with Gasteiger partial charge in [-0.1, -0.05) is 23.4 Å². The largest absolute Gasteiger partial charge is 0.416 e. The predicted octanol–water partition coefficient (Wildman–Crippen LogP) is 4.03. The number of rotatable bonds is 3. The van der Waals surface area contributed by atoms with E-state index in [9.17, 15) is 18.0 Å². The first kappa shape index (κ1) is 19.9. The monoisotopic (exact) mass is 416 g/mol. The summed E-state index contributed by atoms with van der Waals surface area (Å²) >= 11 is 0. The van der Waals surface area contributed by atoms with Crippen LogP contribution in [0.25, 0.3) is 11.4 Å². The van der Waals surface area contributed by atoms with Gasteiger partial charge in [-0.15, -0.1) is 0 Å². The van der Waals surface area contributed by atoms with Gasteiger partial charge >= 0.3 is 6.18 Å². The van der Waals surface area contributed by atoms with Gasteiger partial charge in [0.25, 0.3) is 5.91 Å². The number of amides is 1. The number of hydrogen-bond acceptors (Lipinski definition) is 5. The zero-order valence-electron chi connectivity index (χ0n) is 16.2. The number of halogens is 3. The van der Waals surface area contributed by atoms with Crippen LogP contribution in [0.3, 0.4) is 0 Å². The normalized spacial score (nSPS) is 14.8. The summed E-state index contributed by atoms with van der Waals surface area (Å²) in [7, 11) is 0. The molecular weight excluding hydrogens is 397 g/mol. The Balaban J connectivity index is 1.40. The molecule has 0 bridgehead atoms. The standard InChI is InChI=1S/C21H19F3N4O2/c1-14-25-19(26-30-14)15-5-7-16(8-6-15)20(29)28-11-9-27(10-12-28)18-4-2-3-17(13-18)21(22,23)24/h2-8,13H,9-12H2,1H3. The molecule has 0 spiro atoms. The topological polar surface area (TPSA) is 62.5 Å². The molecule has 2 heterocycles. The summed E-state index contributed by atoms with van der Waals surface area (Å²) in [5.41, 5.74) is 1.12. The lowest BCUT2D eigenvalue weighted by Gasteiger charge is -2.36. The van der Waals surface area contributed by atoms with Crippen LogP contribution in [0.5, 0.6) is 0 Å². The Labute approximate surface area is 170 Å². The van der Waals surface area contributed by atoms with E-state index in [1.54, 1.807) is 42.2 Å². The highest BCUT2D eigenvalue weighted by atomic mass is 19.4. The van der Waals surface area contributed by atoms with Crippen molar-refractivity contribution in [3.63, 3.8) is 0 Å². The second-order valence-corrected chi connectivity index (χ2v) is 7.04. The molecule has 1 aliphatic rings. The summed E-state index contributed by atoms with van der Waals surface area (Å²) in [5, 5.41) is 3.85. The van der Waals surface area contributed by atoms with Crippen molar-refractivity contribution in [2.75, 3.05) is 31.1 Å². The summed E-state index contributed by atoms with van der Waals surface area (Å²) < 4.78 is 43.8. The highest BCUT2D eigenvalue weighted by Crippen LogP contribution is 2.32. The third-order valence-electron chi connectivity index (χ3n) is 5.02. The van der Waals surface area contributed by atoms with Gasteiger partial charge in [0.1, 0.15) is 0 Å². The van der Waals surface area contributed by atoms with Crippen molar-refractivity contribution in [1.82, 2.24) is 15.0 Å². The summed E-state index contributed by atoms with van der Waals surface area (Å²) in [5.74, 6) is 0.805. The van der Waals surface area contributed by atoms with E-state index in [0.29, 0.717) is 49.1 Å². The SMILES string of the molecule is Cc1nc(-c2ccc(C(=O)N3CCN(c4cccc(C(F)(F)F)c4)CC3)cc2)no1. The Morgan fingerprint density at radius 2 is 1.73 bits per heavy atom. The molecular formula is C21H19F3N4O2. The molecule has 9 heteroatoms. The van der Waals surface area contributed by atoms with E-state index >= 15 is 0 Å². The first-order valence-electron chi connectivity index (χ1n) is 9.43. The first-order valence-corrected chi connectivity index (χ1v) is 9.43. The number of carbonyl (C=O) groups excluding carboxylic acids is 1. The molecule has 0 radical (unpaired) electrons. The molecule has 0 atom stereocenters. The van der Waals surface area contributed by atoms with E-state index in [1.165, 1.54) is 6.07 Å². The molecule has 0 unspecified atom stereocenters. The van der Waals surface area contributed by atoms with Crippen LogP contribution in [0.2, 0.25) is 0 Å². The fraction of sp³-hybridized carbons (Fsp3) is 0.286. The molecule has 1 saturated heterocycles. The molecule has 3 aromatic rings. The maximum atomic E-state index is 12.9. The second kappa shape index (κ2) is 7.81. The average molecular weight is 416 g/mol. The van der Waals surface area contributed by atoms with Crippen molar-refractivity contribution in [2.45, 2.75) is 13.1 Å². The van der Waals surface area contributed by atoms with Crippen LogP contribution in [0.15, 0.2) is 53.1 Å². The van der Waals surface area contributed by atoms with Crippen LogP contribution in [0.4, 0.5) is 18.9 Å². The van der Waals surface area contributed by atoms with E-state index < -0.39 is 11.7 Å². The van der Waals surface area contributed by atoms with Crippen LogP contribution >= 0.6 is 0 Å². The van der Waals surface area contributed by atoms with Gasteiger partial charge < -0.3 is 14.3 Å². The molecule has 1 aromatic heterocycles. The molecule has 0 aliphatic carbocycles. The van der Waals surface area contributed by atoms with Gasteiger partial charge in [-0.25, -0.2) is 0 Å². The van der Waals surface area contributed by atoms with Crippen LogP contribution in [-0.2, 0) is 6.18 Å². The number of anilines is 1. The summed E-state index contributed by atoms with van der Waals surface area (Å²) in [6, 6.07) is 12.2. The maximum Gasteiger partial charge on any atom is 0.416 e. The number of hydrogen-bond donors (Lipinski definition) is 0. The van der Waals surface area contributed by atoms with Gasteiger partial charge in [-0.3, -0.25) is 4.79 Å². The predicted molar refractivity (Wildman–Crippen MR) is 104 cm³/mol. The van der Waals surface area contributed by atoms with Gasteiger partial charge in [-0.05, 0) is 30.3 Å². The van der Waals surface area contributed by atoms with Crippen molar-refractivity contribution in [1.29, 1.82) is 0 Å². The van der Waals surface area contributed by atoms with Crippen molar-refractivity contribution < 1.29 is 22.5 Å².